The van der Waals surface area contributed by atoms with Crippen LogP contribution in [-0.2, 0) is 19.5 Å². The van der Waals surface area contributed by atoms with E-state index in [2.05, 4.69) is 0 Å². The molecule has 1 aliphatic heterocycles. The number of phenols is 2. The summed E-state index contributed by atoms with van der Waals surface area (Å²) < 4.78 is 23.6. The van der Waals surface area contributed by atoms with E-state index < -0.39 is 27.2 Å². The highest BCUT2D eigenvalue weighted by molar-refractivity contribution is 7.45. The van der Waals surface area contributed by atoms with E-state index in [9.17, 15) is 15.0 Å². The van der Waals surface area contributed by atoms with Gasteiger partial charge in [-0.25, -0.2) is 13.9 Å². The molecule has 0 aromatic heterocycles. The molecule has 0 bridgehead atoms. The smallest absolute Gasteiger partial charge is 0.466 e. The number of hydrogen-bond acceptors (Lipinski definition) is 6. The third-order valence-corrected chi connectivity index (χ3v) is 4.32. The molecule has 34 heavy (non-hydrogen) atoms. The molecule has 0 saturated heterocycles. The van der Waals surface area contributed by atoms with Gasteiger partial charge >= 0.3 is 21.6 Å². The van der Waals surface area contributed by atoms with E-state index in [1.165, 1.54) is 0 Å². The molecule has 0 unspecified atom stereocenters. The molecule has 3 aromatic carbocycles. The highest BCUT2D eigenvalue weighted by Crippen LogP contribution is 2.47. The number of esters is 1. The van der Waals surface area contributed by atoms with Crippen LogP contribution in [0.4, 0.5) is 0 Å². The normalized spacial score (nSPS) is 14.0. The molecule has 12 nitrogen and oxygen atoms in total. The number of hydrogen-bond donors (Lipinski definition) is 8. The number of aromatic hydroxyl groups is 2. The topological polar surface area (TPSA) is 222 Å². The molecular formula is C20H20O12P2. The van der Waals surface area contributed by atoms with Crippen LogP contribution in [0.1, 0.15) is 27.0 Å². The number of phenolic OH excluding ortho intramolecular Hbond substituents is 2. The Morgan fingerprint density at radius 2 is 0.971 bits per heavy atom. The Kier molecular flexibility index (Phi) is 8.38. The largest absolute Gasteiger partial charge is 0.508 e. The van der Waals surface area contributed by atoms with Gasteiger partial charge in [-0.3, -0.25) is 0 Å². The monoisotopic (exact) mass is 514 g/mol. The molecule has 0 atom stereocenters. The summed E-state index contributed by atoms with van der Waals surface area (Å²) in [7, 11) is -9.28. The number of phosphoric acid groups is 2. The van der Waals surface area contributed by atoms with Crippen LogP contribution >= 0.6 is 15.6 Å². The summed E-state index contributed by atoms with van der Waals surface area (Å²) in [5, 5.41) is 19.2. The first-order chi connectivity index (χ1) is 15.6. The average Bonchev–Trinajstić information content (AvgIpc) is 3.00. The molecular weight excluding hydrogens is 494 g/mol. The van der Waals surface area contributed by atoms with E-state index in [1.54, 1.807) is 60.7 Å². The van der Waals surface area contributed by atoms with Gasteiger partial charge < -0.3 is 44.3 Å². The van der Waals surface area contributed by atoms with Crippen molar-refractivity contribution in [3.63, 3.8) is 0 Å². The summed E-state index contributed by atoms with van der Waals surface area (Å²) in [6.45, 7) is 0. The Labute approximate surface area is 192 Å². The van der Waals surface area contributed by atoms with Crippen LogP contribution in [0.5, 0.6) is 11.5 Å². The van der Waals surface area contributed by atoms with Gasteiger partial charge in [0.25, 0.3) is 0 Å². The molecule has 1 heterocycles. The number of rotatable bonds is 2. The zero-order chi connectivity index (χ0) is 25.7. The van der Waals surface area contributed by atoms with Crippen molar-refractivity contribution in [3.8, 4) is 11.5 Å². The Bertz CT molecular complexity index is 1150. The van der Waals surface area contributed by atoms with Crippen LogP contribution in [0.3, 0.4) is 0 Å². The Hall–Kier alpha value is -3.05. The van der Waals surface area contributed by atoms with Crippen molar-refractivity contribution in [2.45, 2.75) is 5.60 Å². The van der Waals surface area contributed by atoms with Crippen molar-refractivity contribution in [3.05, 3.63) is 95.1 Å². The van der Waals surface area contributed by atoms with E-state index in [0.29, 0.717) is 5.56 Å². The van der Waals surface area contributed by atoms with Crippen LogP contribution in [0.2, 0.25) is 0 Å². The number of fused-ring (bicyclic) bond motifs is 1. The van der Waals surface area contributed by atoms with Gasteiger partial charge in [0.15, 0.2) is 5.60 Å². The van der Waals surface area contributed by atoms with Gasteiger partial charge in [0.05, 0.1) is 5.56 Å². The zero-order valence-electron chi connectivity index (χ0n) is 17.0. The SMILES string of the molecule is O=C1OC(c2ccc(O)cc2)(c2ccc(O)cc2)c2ccccc21.O=P(O)(O)O.O=P(O)(O)O. The lowest BCUT2D eigenvalue weighted by molar-refractivity contribution is 0.0251. The van der Waals surface area contributed by atoms with Gasteiger partial charge in [-0.15, -0.1) is 0 Å². The molecule has 0 saturated carbocycles. The van der Waals surface area contributed by atoms with E-state index in [0.717, 1.165) is 16.7 Å². The summed E-state index contributed by atoms with van der Waals surface area (Å²) in [4.78, 5) is 55.6. The van der Waals surface area contributed by atoms with Crippen LogP contribution in [0.15, 0.2) is 72.8 Å². The number of carbonyl (C=O) groups excluding carboxylic acids is 1. The van der Waals surface area contributed by atoms with Gasteiger partial charge in [-0.2, -0.15) is 0 Å². The number of ether oxygens (including phenoxy) is 1. The van der Waals surface area contributed by atoms with E-state index in [1.807, 2.05) is 12.1 Å². The predicted molar refractivity (Wildman–Crippen MR) is 116 cm³/mol. The van der Waals surface area contributed by atoms with Crippen molar-refractivity contribution < 1.29 is 58.2 Å². The third kappa shape index (κ3) is 7.49. The van der Waals surface area contributed by atoms with E-state index in [-0.39, 0.29) is 11.5 Å². The van der Waals surface area contributed by atoms with E-state index in [4.69, 9.17) is 43.2 Å². The molecule has 8 N–H and O–H groups in total. The van der Waals surface area contributed by atoms with Crippen molar-refractivity contribution in [1.82, 2.24) is 0 Å². The second-order valence-electron chi connectivity index (χ2n) is 6.74. The first-order valence-corrected chi connectivity index (χ1v) is 12.2. The lowest BCUT2D eigenvalue weighted by Crippen LogP contribution is -2.29. The highest BCUT2D eigenvalue weighted by Gasteiger charge is 2.48. The molecule has 0 aliphatic carbocycles. The zero-order valence-corrected chi connectivity index (χ0v) is 18.8. The van der Waals surface area contributed by atoms with Crippen LogP contribution in [0.25, 0.3) is 0 Å². The first kappa shape index (κ1) is 27.2. The number of carbonyl (C=O) groups is 1. The van der Waals surface area contributed by atoms with Gasteiger partial charge in [0.1, 0.15) is 11.5 Å². The van der Waals surface area contributed by atoms with Crippen molar-refractivity contribution in [2.75, 3.05) is 0 Å². The lowest BCUT2D eigenvalue weighted by atomic mass is 9.80. The minimum Gasteiger partial charge on any atom is -0.508 e. The minimum atomic E-state index is -4.64. The quantitative estimate of drug-likeness (QED) is 0.181. The molecule has 4 rings (SSSR count). The van der Waals surface area contributed by atoms with Gasteiger partial charge in [0.2, 0.25) is 0 Å². The predicted octanol–water partition coefficient (Wildman–Crippen LogP) is 1.70. The molecule has 182 valence electrons. The standard InChI is InChI=1S/C20H14O4.2H3O4P/c21-15-9-5-13(6-10-15)20(14-7-11-16(22)12-8-14)18-4-2-1-3-17(18)19(23)24-20;2*1-5(2,3)4/h1-12,21-22H;2*(H3,1,2,3,4). The van der Waals surface area contributed by atoms with E-state index >= 15 is 0 Å². The summed E-state index contributed by atoms with van der Waals surface area (Å²) in [6.07, 6.45) is 0. The average molecular weight is 514 g/mol. The van der Waals surface area contributed by atoms with Gasteiger partial charge in [0, 0.05) is 16.7 Å². The number of cyclic esters (lactones) is 1. The molecule has 0 fully saturated rings. The first-order valence-electron chi connectivity index (χ1n) is 9.09. The Morgan fingerprint density at radius 1 is 0.618 bits per heavy atom. The van der Waals surface area contributed by atoms with Crippen LogP contribution < -0.4 is 0 Å². The second-order valence-corrected chi connectivity index (χ2v) is 8.79. The summed E-state index contributed by atoms with van der Waals surface area (Å²) >= 11 is 0. The summed E-state index contributed by atoms with van der Waals surface area (Å²) in [5.41, 5.74) is 1.60. The van der Waals surface area contributed by atoms with Gasteiger partial charge in [-0.05, 0) is 30.3 Å². The third-order valence-electron chi connectivity index (χ3n) is 4.32. The second kappa shape index (κ2) is 10.5. The summed E-state index contributed by atoms with van der Waals surface area (Å²) in [6, 6.07) is 20.4. The molecule has 14 heteroatoms. The fraction of sp³-hybridized carbons (Fsp3) is 0.0500. The Balaban J connectivity index is 0.000000347. The van der Waals surface area contributed by atoms with Crippen molar-refractivity contribution in [2.24, 2.45) is 0 Å². The highest BCUT2D eigenvalue weighted by atomic mass is 31.2. The van der Waals surface area contributed by atoms with Crippen molar-refractivity contribution >= 4 is 21.6 Å². The molecule has 3 aromatic rings. The van der Waals surface area contributed by atoms with Crippen LogP contribution in [0, 0.1) is 0 Å². The Morgan fingerprint density at radius 3 is 1.35 bits per heavy atom. The maximum absolute atomic E-state index is 12.4. The van der Waals surface area contributed by atoms with Gasteiger partial charge in [-0.1, -0.05) is 42.5 Å². The molecule has 1 aliphatic rings. The van der Waals surface area contributed by atoms with Crippen molar-refractivity contribution in [1.29, 1.82) is 0 Å². The molecule has 0 spiro atoms. The minimum absolute atomic E-state index is 0.136. The maximum atomic E-state index is 12.4. The summed E-state index contributed by atoms with van der Waals surface area (Å²) in [5.74, 6) is -0.124. The fourth-order valence-corrected chi connectivity index (χ4v) is 3.20. The van der Waals surface area contributed by atoms with Crippen LogP contribution in [-0.4, -0.2) is 45.5 Å². The fourth-order valence-electron chi connectivity index (χ4n) is 3.20. The lowest BCUT2D eigenvalue weighted by Gasteiger charge is -2.30. The molecule has 0 radical (unpaired) electrons. The maximum Gasteiger partial charge on any atom is 0.466 e. The number of benzene rings is 3. The molecule has 0 amide bonds.